The van der Waals surface area contributed by atoms with Crippen LogP contribution in [-0.2, 0) is 14.8 Å². The maximum absolute atomic E-state index is 12.3. The van der Waals surface area contributed by atoms with Crippen LogP contribution in [0, 0.1) is 0 Å². The highest BCUT2D eigenvalue weighted by molar-refractivity contribution is 9.10. The number of benzene rings is 1. The van der Waals surface area contributed by atoms with E-state index in [0.29, 0.717) is 15.0 Å². The van der Waals surface area contributed by atoms with E-state index in [0.717, 1.165) is 26.3 Å². The van der Waals surface area contributed by atoms with Gasteiger partial charge in [-0.3, -0.25) is 9.52 Å². The summed E-state index contributed by atoms with van der Waals surface area (Å²) in [6, 6.07) is 8.84. The molecule has 1 aromatic carbocycles. The van der Waals surface area contributed by atoms with Gasteiger partial charge in [-0.25, -0.2) is 8.42 Å². The Labute approximate surface area is 189 Å². The lowest BCUT2D eigenvalue weighted by Crippen LogP contribution is -2.15. The number of anilines is 2. The Balaban J connectivity index is 1.63. The number of hydrogen-bond donors (Lipinski definition) is 2. The van der Waals surface area contributed by atoms with Crippen molar-refractivity contribution in [2.45, 2.75) is 6.92 Å². The van der Waals surface area contributed by atoms with Crippen molar-refractivity contribution in [1.82, 2.24) is 10.2 Å². The molecule has 152 valence electrons. The van der Waals surface area contributed by atoms with Gasteiger partial charge < -0.3 is 5.32 Å². The fourth-order valence-corrected chi connectivity index (χ4v) is 5.75. The normalized spacial score (nSPS) is 11.7. The highest BCUT2D eigenvalue weighted by atomic mass is 79.9. The van der Waals surface area contributed by atoms with E-state index in [-0.39, 0.29) is 16.8 Å². The second kappa shape index (κ2) is 9.35. The van der Waals surface area contributed by atoms with Crippen LogP contribution in [0.1, 0.15) is 11.8 Å². The van der Waals surface area contributed by atoms with Gasteiger partial charge in [-0.2, -0.15) is 0 Å². The summed E-state index contributed by atoms with van der Waals surface area (Å²) in [5.41, 5.74) is 1.43. The topological polar surface area (TPSA) is 101 Å². The molecule has 0 aliphatic carbocycles. The average molecular weight is 534 g/mol. The number of carbonyl (C=O) groups excluding carboxylic acids is 1. The molecule has 7 nitrogen and oxygen atoms in total. The van der Waals surface area contributed by atoms with E-state index in [2.05, 4.69) is 36.2 Å². The molecule has 2 aromatic heterocycles. The van der Waals surface area contributed by atoms with Gasteiger partial charge in [0.25, 0.3) is 0 Å². The molecule has 0 unspecified atom stereocenters. The molecule has 2 N–H and O–H groups in total. The van der Waals surface area contributed by atoms with Crippen LogP contribution in [0.15, 0.2) is 40.9 Å². The van der Waals surface area contributed by atoms with Gasteiger partial charge in [0.2, 0.25) is 21.1 Å². The summed E-state index contributed by atoms with van der Waals surface area (Å²) in [5, 5.41) is 11.3. The first kappa shape index (κ1) is 21.9. The zero-order valence-corrected chi connectivity index (χ0v) is 19.6. The second-order valence-corrected chi connectivity index (χ2v) is 11.0. The van der Waals surface area contributed by atoms with E-state index in [1.165, 1.54) is 18.3 Å². The van der Waals surface area contributed by atoms with Crippen molar-refractivity contribution in [2.75, 3.05) is 15.8 Å². The monoisotopic (exact) mass is 532 g/mol. The highest BCUT2D eigenvalue weighted by Crippen LogP contribution is 2.32. The van der Waals surface area contributed by atoms with Crippen molar-refractivity contribution in [3.8, 4) is 10.6 Å². The van der Waals surface area contributed by atoms with Crippen LogP contribution in [0.3, 0.4) is 0 Å². The van der Waals surface area contributed by atoms with E-state index >= 15 is 0 Å². The molecular formula is C17H14BrClN4O3S3. The molecule has 0 saturated carbocycles. The maximum Gasteiger partial charge on any atom is 0.238 e. The van der Waals surface area contributed by atoms with Gasteiger partial charge in [-0.1, -0.05) is 29.0 Å². The molecule has 0 aliphatic heterocycles. The van der Waals surface area contributed by atoms with Gasteiger partial charge in [0.05, 0.1) is 5.75 Å². The smallest absolute Gasteiger partial charge is 0.238 e. The van der Waals surface area contributed by atoms with Crippen LogP contribution in [0.25, 0.3) is 16.6 Å². The number of rotatable bonds is 7. The lowest BCUT2D eigenvalue weighted by atomic mass is 10.2. The Bertz CT molecular complexity index is 1140. The molecule has 0 bridgehead atoms. The zero-order valence-electron chi connectivity index (χ0n) is 14.8. The average Bonchev–Trinajstić information content (AvgIpc) is 3.21. The Morgan fingerprint density at radius 1 is 1.24 bits per heavy atom. The van der Waals surface area contributed by atoms with Crippen LogP contribution in [0.5, 0.6) is 0 Å². The Morgan fingerprint density at radius 2 is 1.97 bits per heavy atom. The fourth-order valence-electron chi connectivity index (χ4n) is 2.19. The first-order valence-corrected chi connectivity index (χ1v) is 12.5. The van der Waals surface area contributed by atoms with Crippen LogP contribution in [-0.4, -0.2) is 30.3 Å². The molecule has 0 spiro atoms. The van der Waals surface area contributed by atoms with Crippen molar-refractivity contribution in [3.63, 3.8) is 0 Å². The van der Waals surface area contributed by atoms with Crippen LogP contribution in [0.4, 0.5) is 10.8 Å². The first-order chi connectivity index (χ1) is 13.7. The molecule has 0 saturated heterocycles. The van der Waals surface area contributed by atoms with Gasteiger partial charge in [0, 0.05) is 27.5 Å². The Morgan fingerprint density at radius 3 is 2.59 bits per heavy atom. The summed E-state index contributed by atoms with van der Waals surface area (Å²) < 4.78 is 28.3. The van der Waals surface area contributed by atoms with E-state index in [1.807, 2.05) is 6.07 Å². The van der Waals surface area contributed by atoms with Crippen LogP contribution < -0.4 is 10.0 Å². The summed E-state index contributed by atoms with van der Waals surface area (Å²) in [5.74, 6) is -0.366. The predicted octanol–water partition coefficient (Wildman–Crippen LogP) is 5.10. The first-order valence-electron chi connectivity index (χ1n) is 8.05. The van der Waals surface area contributed by atoms with Gasteiger partial charge >= 0.3 is 0 Å². The minimum absolute atomic E-state index is 0.158. The number of sulfonamides is 1. The number of carbonyl (C=O) groups is 1. The van der Waals surface area contributed by atoms with E-state index < -0.39 is 10.0 Å². The number of amides is 1. The molecule has 2 heterocycles. The lowest BCUT2D eigenvalue weighted by Gasteiger charge is -2.02. The quantitative estimate of drug-likeness (QED) is 0.440. The summed E-state index contributed by atoms with van der Waals surface area (Å²) in [4.78, 5) is 11.9. The van der Waals surface area contributed by atoms with Crippen molar-refractivity contribution in [3.05, 3.63) is 50.1 Å². The molecule has 1 amide bonds. The number of hydrogen-bond acceptors (Lipinski definition) is 7. The molecule has 0 atom stereocenters. The van der Waals surface area contributed by atoms with Crippen LogP contribution >= 0.6 is 50.2 Å². The third kappa shape index (κ3) is 6.34. The zero-order chi connectivity index (χ0) is 21.0. The third-order valence-electron chi connectivity index (χ3n) is 3.38. The summed E-state index contributed by atoms with van der Waals surface area (Å²) in [7, 11) is -3.61. The summed E-state index contributed by atoms with van der Waals surface area (Å²) >= 11 is 11.7. The van der Waals surface area contributed by atoms with Crippen molar-refractivity contribution < 1.29 is 13.2 Å². The molecule has 29 heavy (non-hydrogen) atoms. The highest BCUT2D eigenvalue weighted by Gasteiger charge is 2.13. The van der Waals surface area contributed by atoms with Gasteiger partial charge in [0.1, 0.15) is 9.34 Å². The Kier molecular flexibility index (Phi) is 7.06. The summed E-state index contributed by atoms with van der Waals surface area (Å²) in [6.07, 6.45) is 3.24. The van der Waals surface area contributed by atoms with E-state index in [9.17, 15) is 13.2 Å². The fraction of sp³-hybridized carbons (Fsp3) is 0.118. The molecule has 0 radical (unpaired) electrons. The van der Waals surface area contributed by atoms with Gasteiger partial charge in [-0.05, 0) is 52.3 Å². The predicted molar refractivity (Wildman–Crippen MR) is 123 cm³/mol. The standard InChI is InChI=1S/C17H14BrClN4O3S3/c1-10(24)20-12-6-4-11(5-7-12)16-21-22-17(28-16)23-29(25,26)8-2-3-13-9-14(18)15(19)27-13/h2-7,9H,8H2,1H3,(H,20,24)(H,22,23). The number of nitrogens with zero attached hydrogens (tertiary/aromatic N) is 2. The SMILES string of the molecule is CC(=O)Nc1ccc(-c2nnc(NS(=O)(=O)CC=Cc3cc(Br)c(Cl)s3)s2)cc1. The van der Waals surface area contributed by atoms with Gasteiger partial charge in [-0.15, -0.1) is 21.5 Å². The number of nitrogens with one attached hydrogen (secondary N) is 2. The van der Waals surface area contributed by atoms with Crippen LogP contribution in [0.2, 0.25) is 4.34 Å². The van der Waals surface area contributed by atoms with Crippen molar-refractivity contribution in [1.29, 1.82) is 0 Å². The van der Waals surface area contributed by atoms with E-state index in [1.54, 1.807) is 36.4 Å². The minimum atomic E-state index is -3.61. The number of thiophene rings is 1. The molecule has 3 aromatic rings. The van der Waals surface area contributed by atoms with E-state index in [4.69, 9.17) is 11.6 Å². The molecule has 12 heteroatoms. The largest absolute Gasteiger partial charge is 0.326 e. The maximum atomic E-state index is 12.3. The Hall–Kier alpha value is -1.79. The molecular weight excluding hydrogens is 520 g/mol. The minimum Gasteiger partial charge on any atom is -0.326 e. The third-order valence-corrected chi connectivity index (χ3v) is 7.97. The summed E-state index contributed by atoms with van der Waals surface area (Å²) in [6.45, 7) is 1.43. The number of halogens is 2. The molecule has 3 rings (SSSR count). The molecule has 0 aliphatic rings. The van der Waals surface area contributed by atoms with Crippen molar-refractivity contribution >= 4 is 83.0 Å². The van der Waals surface area contributed by atoms with Crippen molar-refractivity contribution in [2.24, 2.45) is 0 Å². The lowest BCUT2D eigenvalue weighted by molar-refractivity contribution is -0.114. The number of aromatic nitrogens is 2. The second-order valence-electron chi connectivity index (χ2n) is 5.73. The molecule has 0 fully saturated rings. The van der Waals surface area contributed by atoms with Gasteiger partial charge in [0.15, 0.2) is 0 Å².